The average Bonchev–Trinajstić information content (AvgIpc) is 2.82. The van der Waals surface area contributed by atoms with Gasteiger partial charge in [0.2, 0.25) is 0 Å². The van der Waals surface area contributed by atoms with Gasteiger partial charge in [0, 0.05) is 0 Å². The number of aromatic nitrogens is 2. The van der Waals surface area contributed by atoms with Crippen LogP contribution in [0.1, 0.15) is 7.43 Å². The van der Waals surface area contributed by atoms with Crippen LogP contribution in [0.15, 0.2) is 97.3 Å². The second-order valence-corrected chi connectivity index (χ2v) is 12.2. The van der Waals surface area contributed by atoms with Gasteiger partial charge in [-0.15, -0.1) is 0 Å². The number of nitrogens with zero attached hydrogens (tertiary/aromatic N) is 2. The molecule has 0 N–H and O–H groups in total. The quantitative estimate of drug-likeness (QED) is 0.221. The van der Waals surface area contributed by atoms with Gasteiger partial charge in [0.15, 0.2) is 0 Å². The Hall–Kier alpha value is -3.66. The first-order valence-corrected chi connectivity index (χ1v) is 13.2. The molecule has 4 aromatic carbocycles. The number of fused-ring (bicyclic) bond motifs is 2. The monoisotopic (exact) mass is 484 g/mol. The fraction of sp³-hybridized carbons (Fsp3) is 0.0370. The van der Waals surface area contributed by atoms with E-state index in [-0.39, 0.29) is 7.43 Å². The minimum atomic E-state index is -3.44. The van der Waals surface area contributed by atoms with Gasteiger partial charge in [-0.05, 0) is 0 Å². The molecule has 0 atom stereocenters. The molecule has 0 radical (unpaired) electrons. The number of pyridine rings is 2. The summed E-state index contributed by atoms with van der Waals surface area (Å²) in [5, 5.41) is 7.04. The molecule has 4 heterocycles. The molecule has 0 fully saturated rings. The second kappa shape index (κ2) is 5.98. The molecule has 0 amide bonds. The van der Waals surface area contributed by atoms with E-state index in [1.54, 1.807) is 0 Å². The third kappa shape index (κ3) is 1.98. The molecule has 1 spiro atoms. The van der Waals surface area contributed by atoms with Gasteiger partial charge in [0.1, 0.15) is 0 Å². The molecule has 8 rings (SSSR count). The van der Waals surface area contributed by atoms with Crippen molar-refractivity contribution in [1.82, 2.24) is 0 Å². The Labute approximate surface area is 188 Å². The molecular formula is C27H20N2O2Se+2. The summed E-state index contributed by atoms with van der Waals surface area (Å²) < 4.78 is 18.5. The van der Waals surface area contributed by atoms with E-state index in [4.69, 9.17) is 7.64 Å². The summed E-state index contributed by atoms with van der Waals surface area (Å²) >= 11 is -3.44. The van der Waals surface area contributed by atoms with Crippen LogP contribution in [0, 0.1) is 0 Å². The second-order valence-electron chi connectivity index (χ2n) is 8.00. The molecule has 0 saturated carbocycles. The van der Waals surface area contributed by atoms with E-state index in [9.17, 15) is 0 Å². The van der Waals surface area contributed by atoms with Crippen molar-refractivity contribution < 1.29 is 14.8 Å². The Morgan fingerprint density at radius 2 is 0.938 bits per heavy atom. The summed E-state index contributed by atoms with van der Waals surface area (Å²) in [6.45, 7) is 0. The molecule has 5 heteroatoms. The van der Waals surface area contributed by atoms with E-state index in [1.165, 1.54) is 32.6 Å². The van der Waals surface area contributed by atoms with E-state index in [0.29, 0.717) is 0 Å². The summed E-state index contributed by atoms with van der Waals surface area (Å²) in [4.78, 5) is 0. The van der Waals surface area contributed by atoms with Crippen LogP contribution in [0.25, 0.3) is 43.4 Å². The Kier molecular flexibility index (Phi) is 3.35. The Morgan fingerprint density at radius 1 is 0.500 bits per heavy atom. The molecule has 0 bridgehead atoms. The SMILES string of the molecule is C.c1cc2c3c(c1)ccc1ccc[n+](c13)[Se]1(O2)Oc2cccc3ccc4ccc[n+]1c4c23. The number of benzene rings is 4. The van der Waals surface area contributed by atoms with Gasteiger partial charge in [-0.2, -0.15) is 0 Å². The standard InChI is InChI=1S/C26H16N2O2Se.CH4/c1-5-17-11-13-19-7-3-15-27-25(19)23(17)21(9-1)29-31(27)28-16-4-8-20-14-12-18-6-2-10-22(30-31)24(18)26(20)28;/h1-16H;1H4/q+2;. The average molecular weight is 483 g/mol. The molecule has 2 aliphatic heterocycles. The van der Waals surface area contributed by atoms with Crippen molar-refractivity contribution in [1.29, 1.82) is 0 Å². The normalized spacial score (nSPS) is 15.8. The molecule has 6 aromatic rings. The predicted molar refractivity (Wildman–Crippen MR) is 128 cm³/mol. The first kappa shape index (κ1) is 18.0. The number of hydrogen-bond donors (Lipinski definition) is 0. The van der Waals surface area contributed by atoms with Crippen molar-refractivity contribution in [3.63, 3.8) is 0 Å². The Bertz CT molecular complexity index is 1630. The Balaban J connectivity index is 0.00000180. The zero-order valence-corrected chi connectivity index (χ0v) is 18.1. The van der Waals surface area contributed by atoms with Crippen LogP contribution in [-0.4, -0.2) is 13.9 Å². The van der Waals surface area contributed by atoms with Crippen molar-refractivity contribution in [2.75, 3.05) is 0 Å². The van der Waals surface area contributed by atoms with E-state index in [0.717, 1.165) is 22.3 Å². The summed E-state index contributed by atoms with van der Waals surface area (Å²) in [5.41, 5.74) is 2.36. The molecule has 0 aliphatic carbocycles. The summed E-state index contributed by atoms with van der Waals surface area (Å²) in [5.74, 6) is 1.79. The van der Waals surface area contributed by atoms with Crippen LogP contribution in [-0.2, 0) is 0 Å². The van der Waals surface area contributed by atoms with E-state index < -0.39 is 13.9 Å². The Morgan fingerprint density at radius 3 is 1.44 bits per heavy atom. The van der Waals surface area contributed by atoms with Gasteiger partial charge in [0.05, 0.1) is 0 Å². The third-order valence-corrected chi connectivity index (χ3v) is 11.4. The zero-order valence-electron chi connectivity index (χ0n) is 16.4. The van der Waals surface area contributed by atoms with Crippen LogP contribution in [0.2, 0.25) is 0 Å². The van der Waals surface area contributed by atoms with Gasteiger partial charge in [0.25, 0.3) is 0 Å². The zero-order chi connectivity index (χ0) is 20.2. The van der Waals surface area contributed by atoms with Crippen molar-refractivity contribution >= 4 is 57.3 Å². The number of rotatable bonds is 0. The first-order chi connectivity index (χ1) is 15.3. The van der Waals surface area contributed by atoms with Crippen LogP contribution < -0.4 is 14.8 Å². The molecule has 2 aliphatic rings. The van der Waals surface area contributed by atoms with E-state index >= 15 is 0 Å². The molecule has 0 unspecified atom stereocenters. The van der Waals surface area contributed by atoms with Gasteiger partial charge >= 0.3 is 181 Å². The summed E-state index contributed by atoms with van der Waals surface area (Å²) in [6.07, 6.45) is 4.25. The third-order valence-electron chi connectivity index (χ3n) is 6.35. The van der Waals surface area contributed by atoms with Gasteiger partial charge in [-0.1, -0.05) is 7.43 Å². The molecule has 154 valence electrons. The van der Waals surface area contributed by atoms with Crippen molar-refractivity contribution in [2.24, 2.45) is 0 Å². The molecule has 2 aromatic heterocycles. The van der Waals surface area contributed by atoms with Crippen molar-refractivity contribution in [2.45, 2.75) is 7.43 Å². The maximum atomic E-state index is 6.96. The fourth-order valence-electron chi connectivity index (χ4n) is 5.06. The minimum absolute atomic E-state index is 0. The van der Waals surface area contributed by atoms with Crippen LogP contribution >= 0.6 is 0 Å². The van der Waals surface area contributed by atoms with E-state index in [2.05, 4.69) is 104 Å². The molecular weight excluding hydrogens is 463 g/mol. The maximum absolute atomic E-state index is 6.96. The molecule has 32 heavy (non-hydrogen) atoms. The first-order valence-electron chi connectivity index (χ1n) is 10.3. The number of hydrogen-bond acceptors (Lipinski definition) is 2. The summed E-state index contributed by atoms with van der Waals surface area (Å²) in [6, 6.07) is 29.8. The molecule has 0 saturated heterocycles. The van der Waals surface area contributed by atoms with Crippen molar-refractivity contribution in [3.05, 3.63) is 97.3 Å². The van der Waals surface area contributed by atoms with Crippen molar-refractivity contribution in [3.8, 4) is 11.5 Å². The fourth-order valence-corrected chi connectivity index (χ4v) is 10.5. The predicted octanol–water partition coefficient (Wildman–Crippen LogP) is 5.13. The van der Waals surface area contributed by atoms with Gasteiger partial charge < -0.3 is 0 Å². The van der Waals surface area contributed by atoms with Crippen LogP contribution in [0.5, 0.6) is 11.5 Å². The van der Waals surface area contributed by atoms with E-state index in [1.807, 2.05) is 0 Å². The topological polar surface area (TPSA) is 26.2 Å². The van der Waals surface area contributed by atoms with Gasteiger partial charge in [-0.25, -0.2) is 0 Å². The summed E-state index contributed by atoms with van der Waals surface area (Å²) in [7, 11) is 0. The molecule has 4 nitrogen and oxygen atoms in total. The van der Waals surface area contributed by atoms with Gasteiger partial charge in [-0.3, -0.25) is 0 Å². The van der Waals surface area contributed by atoms with Crippen LogP contribution in [0.4, 0.5) is 0 Å². The van der Waals surface area contributed by atoms with Crippen LogP contribution in [0.3, 0.4) is 0 Å².